The molecule has 1 aliphatic carbocycles. The zero-order valence-electron chi connectivity index (χ0n) is 11.7. The maximum Gasteiger partial charge on any atom is 0.0825 e. The van der Waals surface area contributed by atoms with E-state index < -0.39 is 0 Å². The number of hydrogen-bond donors (Lipinski definition) is 1. The highest BCUT2D eigenvalue weighted by Crippen LogP contribution is 2.39. The Morgan fingerprint density at radius 1 is 1.41 bits per heavy atom. The van der Waals surface area contributed by atoms with Gasteiger partial charge >= 0.3 is 0 Å². The zero-order chi connectivity index (χ0) is 12.6. The second-order valence-corrected chi connectivity index (χ2v) is 6.56. The molecule has 0 saturated heterocycles. The summed E-state index contributed by atoms with van der Waals surface area (Å²) in [6, 6.07) is 0.594. The van der Waals surface area contributed by atoms with Crippen LogP contribution in [-0.2, 0) is 7.05 Å². The second-order valence-electron chi connectivity index (χ2n) is 6.56. The van der Waals surface area contributed by atoms with Gasteiger partial charge in [-0.25, -0.2) is 0 Å². The number of anilines is 1. The van der Waals surface area contributed by atoms with E-state index >= 15 is 0 Å². The third-order valence-corrected chi connectivity index (χ3v) is 3.76. The molecule has 1 heterocycles. The number of aromatic nitrogens is 2. The lowest BCUT2D eigenvalue weighted by Crippen LogP contribution is -2.35. The van der Waals surface area contributed by atoms with Gasteiger partial charge in [-0.2, -0.15) is 5.10 Å². The molecule has 2 atom stereocenters. The van der Waals surface area contributed by atoms with Gasteiger partial charge in [0.05, 0.1) is 11.4 Å². The molecule has 2 rings (SSSR count). The fourth-order valence-electron chi connectivity index (χ4n) is 3.42. The van der Waals surface area contributed by atoms with Crippen molar-refractivity contribution in [2.24, 2.45) is 18.4 Å². The van der Waals surface area contributed by atoms with Gasteiger partial charge in [0.2, 0.25) is 0 Å². The van der Waals surface area contributed by atoms with Gasteiger partial charge in [0.15, 0.2) is 0 Å². The highest BCUT2D eigenvalue weighted by atomic mass is 15.3. The van der Waals surface area contributed by atoms with Crippen molar-refractivity contribution in [3.63, 3.8) is 0 Å². The minimum atomic E-state index is 0.464. The van der Waals surface area contributed by atoms with Crippen LogP contribution in [-0.4, -0.2) is 15.8 Å². The van der Waals surface area contributed by atoms with Gasteiger partial charge in [0, 0.05) is 19.3 Å². The van der Waals surface area contributed by atoms with Crippen molar-refractivity contribution in [2.75, 3.05) is 5.32 Å². The summed E-state index contributed by atoms with van der Waals surface area (Å²) in [5, 5.41) is 8.06. The van der Waals surface area contributed by atoms with Crippen LogP contribution in [0.25, 0.3) is 0 Å². The third-order valence-electron chi connectivity index (χ3n) is 3.76. The lowest BCUT2D eigenvalue weighted by molar-refractivity contribution is 0.178. The molecular weight excluding hydrogens is 210 g/mol. The average Bonchev–Trinajstić information content (AvgIpc) is 2.41. The molecule has 17 heavy (non-hydrogen) atoms. The quantitative estimate of drug-likeness (QED) is 0.852. The molecule has 96 valence electrons. The normalized spacial score (nSPS) is 28.1. The molecule has 1 aliphatic rings. The Balaban J connectivity index is 2.06. The number of hydrogen-bond acceptors (Lipinski definition) is 2. The first kappa shape index (κ1) is 12.5. The van der Waals surface area contributed by atoms with Crippen LogP contribution in [0.2, 0.25) is 0 Å². The fraction of sp³-hybridized carbons (Fsp3) is 0.786. The third kappa shape index (κ3) is 3.02. The summed E-state index contributed by atoms with van der Waals surface area (Å²) in [6.45, 7) is 9.20. The van der Waals surface area contributed by atoms with Gasteiger partial charge in [-0.15, -0.1) is 0 Å². The minimum absolute atomic E-state index is 0.464. The summed E-state index contributed by atoms with van der Waals surface area (Å²) in [4.78, 5) is 0. The van der Waals surface area contributed by atoms with E-state index in [1.165, 1.54) is 24.9 Å². The number of nitrogens with zero attached hydrogens (tertiary/aromatic N) is 2. The van der Waals surface area contributed by atoms with E-state index in [4.69, 9.17) is 0 Å². The topological polar surface area (TPSA) is 29.9 Å². The fourth-order valence-corrected chi connectivity index (χ4v) is 3.42. The molecule has 0 radical (unpaired) electrons. The summed E-state index contributed by atoms with van der Waals surface area (Å²) >= 11 is 0. The van der Waals surface area contributed by atoms with Crippen molar-refractivity contribution < 1.29 is 0 Å². The molecule has 1 N–H and O–H groups in total. The molecule has 1 fully saturated rings. The average molecular weight is 235 g/mol. The maximum atomic E-state index is 4.39. The second kappa shape index (κ2) is 4.35. The summed E-state index contributed by atoms with van der Waals surface area (Å²) in [6.07, 6.45) is 5.96. The van der Waals surface area contributed by atoms with Crippen LogP contribution < -0.4 is 5.32 Å². The maximum absolute atomic E-state index is 4.39. The Bertz CT molecular complexity index is 392. The molecule has 0 amide bonds. The van der Waals surface area contributed by atoms with Crippen molar-refractivity contribution in [3.8, 4) is 0 Å². The zero-order valence-corrected chi connectivity index (χ0v) is 11.7. The molecular formula is C14H25N3. The molecule has 3 heteroatoms. The van der Waals surface area contributed by atoms with Crippen molar-refractivity contribution in [3.05, 3.63) is 11.9 Å². The van der Waals surface area contributed by atoms with Crippen LogP contribution in [0.5, 0.6) is 0 Å². The molecule has 3 nitrogen and oxygen atoms in total. The largest absolute Gasteiger partial charge is 0.380 e. The van der Waals surface area contributed by atoms with E-state index in [1.807, 2.05) is 11.7 Å². The lowest BCUT2D eigenvalue weighted by Gasteiger charge is -2.39. The number of rotatable bonds is 2. The smallest absolute Gasteiger partial charge is 0.0825 e. The van der Waals surface area contributed by atoms with E-state index in [2.05, 4.69) is 44.3 Å². The Morgan fingerprint density at radius 3 is 2.65 bits per heavy atom. The van der Waals surface area contributed by atoms with Crippen molar-refractivity contribution in [1.82, 2.24) is 9.78 Å². The van der Waals surface area contributed by atoms with Crippen LogP contribution in [0.1, 0.15) is 45.7 Å². The minimum Gasteiger partial charge on any atom is -0.380 e. The van der Waals surface area contributed by atoms with Gasteiger partial charge in [-0.05, 0) is 37.5 Å². The van der Waals surface area contributed by atoms with E-state index in [9.17, 15) is 0 Å². The summed E-state index contributed by atoms with van der Waals surface area (Å²) in [7, 11) is 1.98. The van der Waals surface area contributed by atoms with Crippen molar-refractivity contribution in [2.45, 2.75) is 53.0 Å². The van der Waals surface area contributed by atoms with Crippen LogP contribution in [0.4, 0.5) is 5.69 Å². The number of aryl methyl sites for hydroxylation is 2. The standard InChI is InChI=1S/C14H25N3/c1-10-6-12(8-14(3,4)7-10)15-13-9-17(5)16-11(13)2/h9-10,12,15H,6-8H2,1-5H3. The molecule has 2 unspecified atom stereocenters. The monoisotopic (exact) mass is 235 g/mol. The van der Waals surface area contributed by atoms with Crippen LogP contribution >= 0.6 is 0 Å². The summed E-state index contributed by atoms with van der Waals surface area (Å²) < 4.78 is 1.88. The predicted octanol–water partition coefficient (Wildman–Crippen LogP) is 3.36. The highest BCUT2D eigenvalue weighted by molar-refractivity contribution is 5.46. The van der Waals surface area contributed by atoms with Crippen molar-refractivity contribution >= 4 is 5.69 Å². The van der Waals surface area contributed by atoms with E-state index in [1.54, 1.807) is 0 Å². The van der Waals surface area contributed by atoms with Crippen LogP contribution in [0, 0.1) is 18.3 Å². The predicted molar refractivity (Wildman–Crippen MR) is 72.2 cm³/mol. The first-order valence-electron chi connectivity index (χ1n) is 6.62. The van der Waals surface area contributed by atoms with Crippen molar-refractivity contribution in [1.29, 1.82) is 0 Å². The Kier molecular flexibility index (Phi) is 3.19. The molecule has 1 saturated carbocycles. The molecule has 0 aliphatic heterocycles. The van der Waals surface area contributed by atoms with Gasteiger partial charge in [0.25, 0.3) is 0 Å². The van der Waals surface area contributed by atoms with E-state index in [0.717, 1.165) is 11.6 Å². The van der Waals surface area contributed by atoms with E-state index in [-0.39, 0.29) is 0 Å². The van der Waals surface area contributed by atoms with Gasteiger partial charge < -0.3 is 5.32 Å². The number of nitrogens with one attached hydrogen (secondary N) is 1. The molecule has 1 aromatic heterocycles. The summed E-state index contributed by atoms with van der Waals surface area (Å²) in [5.74, 6) is 0.813. The van der Waals surface area contributed by atoms with Gasteiger partial charge in [-0.1, -0.05) is 20.8 Å². The highest BCUT2D eigenvalue weighted by Gasteiger charge is 2.32. The SMILES string of the molecule is Cc1nn(C)cc1NC1CC(C)CC(C)(C)C1. The van der Waals surface area contributed by atoms with Gasteiger partial charge in [-0.3, -0.25) is 4.68 Å². The molecule has 1 aromatic rings. The Morgan fingerprint density at radius 2 is 2.12 bits per heavy atom. The first-order chi connectivity index (χ1) is 7.85. The lowest BCUT2D eigenvalue weighted by atomic mass is 9.70. The molecule has 0 aromatic carbocycles. The molecule has 0 bridgehead atoms. The van der Waals surface area contributed by atoms with Crippen LogP contribution in [0.3, 0.4) is 0 Å². The van der Waals surface area contributed by atoms with Gasteiger partial charge in [0.1, 0.15) is 0 Å². The van der Waals surface area contributed by atoms with E-state index in [0.29, 0.717) is 11.5 Å². The first-order valence-corrected chi connectivity index (χ1v) is 6.62. The Labute approximate surface area is 105 Å². The summed E-state index contributed by atoms with van der Waals surface area (Å²) in [5.41, 5.74) is 2.76. The molecule has 0 spiro atoms. The Hall–Kier alpha value is -0.990. The van der Waals surface area contributed by atoms with Crippen LogP contribution in [0.15, 0.2) is 6.20 Å².